The van der Waals surface area contributed by atoms with E-state index in [0.717, 1.165) is 4.90 Å². The quantitative estimate of drug-likeness (QED) is 0.250. The van der Waals surface area contributed by atoms with Crippen LogP contribution in [0, 0.1) is 0 Å². The number of imide groups is 2. The summed E-state index contributed by atoms with van der Waals surface area (Å²) in [5.41, 5.74) is 1.07. The number of methoxy groups -OCH3 is 1. The predicted molar refractivity (Wildman–Crippen MR) is 145 cm³/mol. The van der Waals surface area contributed by atoms with E-state index in [-0.39, 0.29) is 34.4 Å². The molecule has 1 aliphatic heterocycles. The molecule has 0 unspecified atom stereocenters. The maximum Gasteiger partial charge on any atom is 0.335 e. The Bertz CT molecular complexity index is 1440. The van der Waals surface area contributed by atoms with Crippen LogP contribution in [0.4, 0.5) is 10.5 Å². The summed E-state index contributed by atoms with van der Waals surface area (Å²) in [6.45, 7) is 2.40. The third kappa shape index (κ3) is 5.88. The topological polar surface area (TPSA) is 94.2 Å². The number of amides is 4. The fraction of sp³-hybridized carbons (Fsp3) is 0.148. The number of anilines is 1. The smallest absolute Gasteiger partial charge is 0.335 e. The molecule has 8 nitrogen and oxygen atoms in total. The second-order valence-electron chi connectivity index (χ2n) is 7.94. The van der Waals surface area contributed by atoms with Gasteiger partial charge in [-0.1, -0.05) is 40.9 Å². The number of carbonyl (C=O) groups is 3. The van der Waals surface area contributed by atoms with Crippen LogP contribution in [0.25, 0.3) is 6.08 Å². The molecule has 1 heterocycles. The van der Waals surface area contributed by atoms with Gasteiger partial charge in [-0.3, -0.25) is 14.9 Å². The van der Waals surface area contributed by atoms with E-state index in [1.165, 1.54) is 19.3 Å². The standard InChI is InChI=1S/C27H21Cl3N2O6/c1-3-37-19-8-6-18(7-9-19)32-26(34)20(25(33)31-27(32)35)10-15-11-22(30)24(23(12-15)36-2)38-14-16-4-5-17(28)13-21(16)29/h4-13H,3,14H2,1-2H3,(H,31,33,35)/b20-10+. The molecule has 11 heteroatoms. The molecule has 38 heavy (non-hydrogen) atoms. The van der Waals surface area contributed by atoms with Crippen molar-refractivity contribution in [1.29, 1.82) is 0 Å². The maximum absolute atomic E-state index is 13.2. The summed E-state index contributed by atoms with van der Waals surface area (Å²) in [5, 5.41) is 3.29. The Morgan fingerprint density at radius 1 is 0.921 bits per heavy atom. The predicted octanol–water partition coefficient (Wildman–Crippen LogP) is 6.30. The van der Waals surface area contributed by atoms with Crippen LogP contribution in [0.2, 0.25) is 15.1 Å². The Morgan fingerprint density at radius 3 is 2.32 bits per heavy atom. The van der Waals surface area contributed by atoms with E-state index >= 15 is 0 Å². The van der Waals surface area contributed by atoms with Gasteiger partial charge >= 0.3 is 6.03 Å². The van der Waals surface area contributed by atoms with Gasteiger partial charge in [0.1, 0.15) is 17.9 Å². The number of nitrogens with one attached hydrogen (secondary N) is 1. The number of barbiturate groups is 1. The normalized spacial score (nSPS) is 14.5. The molecule has 0 atom stereocenters. The van der Waals surface area contributed by atoms with Crippen molar-refractivity contribution >= 4 is 64.4 Å². The van der Waals surface area contributed by atoms with Gasteiger partial charge in [0.2, 0.25) is 0 Å². The number of rotatable bonds is 8. The van der Waals surface area contributed by atoms with E-state index < -0.39 is 17.8 Å². The number of benzene rings is 3. The third-order valence-electron chi connectivity index (χ3n) is 5.46. The van der Waals surface area contributed by atoms with Gasteiger partial charge in [-0.15, -0.1) is 0 Å². The van der Waals surface area contributed by atoms with Crippen LogP contribution in [0.3, 0.4) is 0 Å². The highest BCUT2D eigenvalue weighted by molar-refractivity contribution is 6.39. The molecule has 0 aromatic heterocycles. The molecule has 0 spiro atoms. The van der Waals surface area contributed by atoms with Gasteiger partial charge in [0.25, 0.3) is 11.8 Å². The SMILES string of the molecule is CCOc1ccc(N2C(=O)NC(=O)/C(=C\c3cc(Cl)c(OCc4ccc(Cl)cc4Cl)c(OC)c3)C2=O)cc1. The highest BCUT2D eigenvalue weighted by Crippen LogP contribution is 2.38. The minimum atomic E-state index is -0.860. The summed E-state index contributed by atoms with van der Waals surface area (Å²) >= 11 is 18.6. The van der Waals surface area contributed by atoms with Crippen LogP contribution in [0.5, 0.6) is 17.2 Å². The average molecular weight is 576 g/mol. The molecule has 4 amide bonds. The largest absolute Gasteiger partial charge is 0.494 e. The molecular weight excluding hydrogens is 555 g/mol. The Kier molecular flexibility index (Phi) is 8.46. The van der Waals surface area contributed by atoms with Crippen molar-refractivity contribution < 1.29 is 28.6 Å². The number of hydrogen-bond acceptors (Lipinski definition) is 6. The van der Waals surface area contributed by atoms with E-state index in [4.69, 9.17) is 49.0 Å². The van der Waals surface area contributed by atoms with Crippen LogP contribution in [-0.2, 0) is 16.2 Å². The fourth-order valence-electron chi connectivity index (χ4n) is 3.67. The molecule has 0 saturated carbocycles. The average Bonchev–Trinajstić information content (AvgIpc) is 2.87. The van der Waals surface area contributed by atoms with E-state index in [9.17, 15) is 14.4 Å². The zero-order valence-electron chi connectivity index (χ0n) is 20.2. The third-order valence-corrected chi connectivity index (χ3v) is 6.33. The minimum absolute atomic E-state index is 0.0898. The first-order valence-electron chi connectivity index (χ1n) is 11.3. The Hall–Kier alpha value is -3.72. The van der Waals surface area contributed by atoms with E-state index in [1.807, 2.05) is 6.92 Å². The maximum atomic E-state index is 13.2. The van der Waals surface area contributed by atoms with E-state index in [1.54, 1.807) is 48.5 Å². The zero-order valence-corrected chi connectivity index (χ0v) is 22.5. The molecule has 0 radical (unpaired) electrons. The summed E-state index contributed by atoms with van der Waals surface area (Å²) in [7, 11) is 1.43. The lowest BCUT2D eigenvalue weighted by molar-refractivity contribution is -0.122. The van der Waals surface area contributed by atoms with Gasteiger partial charge in [0, 0.05) is 15.6 Å². The lowest BCUT2D eigenvalue weighted by Gasteiger charge is -2.26. The lowest BCUT2D eigenvalue weighted by atomic mass is 10.1. The van der Waals surface area contributed by atoms with Crippen LogP contribution >= 0.6 is 34.8 Å². The van der Waals surface area contributed by atoms with Crippen molar-refractivity contribution in [2.24, 2.45) is 0 Å². The molecular formula is C27H21Cl3N2O6. The molecule has 0 bridgehead atoms. The van der Waals surface area contributed by atoms with Crippen molar-refractivity contribution in [1.82, 2.24) is 5.32 Å². The number of nitrogens with zero attached hydrogens (tertiary/aromatic N) is 1. The molecule has 1 fully saturated rings. The molecule has 1 aliphatic rings. The minimum Gasteiger partial charge on any atom is -0.494 e. The highest BCUT2D eigenvalue weighted by atomic mass is 35.5. The molecule has 3 aromatic carbocycles. The molecule has 1 saturated heterocycles. The lowest BCUT2D eigenvalue weighted by Crippen LogP contribution is -2.54. The first-order valence-corrected chi connectivity index (χ1v) is 12.4. The first-order chi connectivity index (χ1) is 18.2. The summed E-state index contributed by atoms with van der Waals surface area (Å²) in [6.07, 6.45) is 1.32. The van der Waals surface area contributed by atoms with Gasteiger partial charge in [0.15, 0.2) is 11.5 Å². The second kappa shape index (κ2) is 11.8. The Balaban J connectivity index is 1.61. The molecule has 0 aliphatic carbocycles. The zero-order chi connectivity index (χ0) is 27.4. The monoisotopic (exact) mass is 574 g/mol. The van der Waals surface area contributed by atoms with Crippen molar-refractivity contribution in [3.8, 4) is 17.2 Å². The number of halogens is 3. The van der Waals surface area contributed by atoms with Gasteiger partial charge in [-0.25, -0.2) is 9.69 Å². The van der Waals surface area contributed by atoms with Crippen LogP contribution in [-0.4, -0.2) is 31.6 Å². The van der Waals surface area contributed by atoms with Crippen LogP contribution in [0.1, 0.15) is 18.1 Å². The summed E-state index contributed by atoms with van der Waals surface area (Å²) in [6, 6.07) is 13.6. The van der Waals surface area contributed by atoms with Crippen molar-refractivity contribution in [2.75, 3.05) is 18.6 Å². The van der Waals surface area contributed by atoms with Gasteiger partial charge in [0.05, 0.1) is 24.4 Å². The van der Waals surface area contributed by atoms with Crippen LogP contribution < -0.4 is 24.4 Å². The molecule has 1 N–H and O–H groups in total. The van der Waals surface area contributed by atoms with Gasteiger partial charge in [-0.05, 0) is 67.1 Å². The molecule has 4 rings (SSSR count). The Morgan fingerprint density at radius 2 is 1.66 bits per heavy atom. The number of ether oxygens (including phenoxy) is 3. The molecule has 196 valence electrons. The Labute approximate surface area is 233 Å². The number of urea groups is 1. The number of hydrogen-bond donors (Lipinski definition) is 1. The summed E-state index contributed by atoms with van der Waals surface area (Å²) in [5.74, 6) is -0.550. The van der Waals surface area contributed by atoms with Gasteiger partial charge in [-0.2, -0.15) is 0 Å². The highest BCUT2D eigenvalue weighted by Gasteiger charge is 2.37. The fourth-order valence-corrected chi connectivity index (χ4v) is 4.41. The van der Waals surface area contributed by atoms with Crippen molar-refractivity contribution in [3.05, 3.63) is 86.4 Å². The van der Waals surface area contributed by atoms with Crippen molar-refractivity contribution in [2.45, 2.75) is 13.5 Å². The molecule has 3 aromatic rings. The number of carbonyl (C=O) groups excluding carboxylic acids is 3. The van der Waals surface area contributed by atoms with Crippen molar-refractivity contribution in [3.63, 3.8) is 0 Å². The van der Waals surface area contributed by atoms with E-state index in [2.05, 4.69) is 5.32 Å². The van der Waals surface area contributed by atoms with Gasteiger partial charge < -0.3 is 14.2 Å². The van der Waals surface area contributed by atoms with E-state index in [0.29, 0.717) is 33.5 Å². The summed E-state index contributed by atoms with van der Waals surface area (Å²) in [4.78, 5) is 39.2. The van der Waals surface area contributed by atoms with Crippen LogP contribution in [0.15, 0.2) is 60.2 Å². The second-order valence-corrected chi connectivity index (χ2v) is 9.19. The first kappa shape index (κ1) is 27.3. The summed E-state index contributed by atoms with van der Waals surface area (Å²) < 4.78 is 16.7.